The van der Waals surface area contributed by atoms with Crippen LogP contribution in [0.4, 0.5) is 0 Å². The Labute approximate surface area is 111 Å². The van der Waals surface area contributed by atoms with Crippen molar-refractivity contribution < 1.29 is 9.59 Å². The molecule has 5 nitrogen and oxygen atoms in total. The quantitative estimate of drug-likeness (QED) is 0.760. The van der Waals surface area contributed by atoms with E-state index in [-0.39, 0.29) is 23.8 Å². The predicted octanol–water partition coefficient (Wildman–Crippen LogP) is 0.995. The van der Waals surface area contributed by atoms with Crippen LogP contribution in [-0.2, 0) is 9.59 Å². The second kappa shape index (κ2) is 4.91. The van der Waals surface area contributed by atoms with Crippen LogP contribution < -0.4 is 5.32 Å². The molecule has 2 atom stereocenters. The molecule has 0 radical (unpaired) electrons. The molecular weight excluding hydrogens is 250 g/mol. The number of likely N-dealkylation sites (tertiary alicyclic amines) is 1. The molecule has 2 rings (SSSR count). The van der Waals surface area contributed by atoms with Gasteiger partial charge in [0.15, 0.2) is 5.17 Å². The molecule has 2 heterocycles. The molecule has 1 N–H and O–H groups in total. The zero-order valence-electron chi connectivity index (χ0n) is 11.0. The number of aliphatic imine (C=N–C) groups is 1. The van der Waals surface area contributed by atoms with Crippen molar-refractivity contribution in [2.24, 2.45) is 4.99 Å². The minimum absolute atomic E-state index is 0.0572. The van der Waals surface area contributed by atoms with Crippen LogP contribution in [-0.4, -0.2) is 46.3 Å². The standard InChI is InChI=1S/C12H19N3O2S/c1-4-12(2)5-6-18-11(14-12)13-8-7-9(16)15(3)10(8)17/h8H,4-7H2,1-3H3,(H,13,14). The number of carbonyl (C=O) groups is 2. The van der Waals surface area contributed by atoms with Crippen LogP contribution in [0.3, 0.4) is 0 Å². The Morgan fingerprint density at radius 2 is 2.28 bits per heavy atom. The fourth-order valence-electron chi connectivity index (χ4n) is 2.04. The average Bonchev–Trinajstić information content (AvgIpc) is 2.57. The molecule has 0 aromatic heterocycles. The van der Waals surface area contributed by atoms with E-state index < -0.39 is 6.04 Å². The largest absolute Gasteiger partial charge is 0.360 e. The lowest BCUT2D eigenvalue weighted by Crippen LogP contribution is -2.48. The summed E-state index contributed by atoms with van der Waals surface area (Å²) in [4.78, 5) is 28.8. The first kappa shape index (κ1) is 13.4. The zero-order valence-corrected chi connectivity index (χ0v) is 11.8. The molecule has 18 heavy (non-hydrogen) atoms. The van der Waals surface area contributed by atoms with Crippen molar-refractivity contribution in [2.75, 3.05) is 12.8 Å². The SMILES string of the molecule is CCC1(C)CCSC(=NC2CC(=O)N(C)C2=O)N1. The van der Waals surface area contributed by atoms with Crippen molar-refractivity contribution in [3.63, 3.8) is 0 Å². The van der Waals surface area contributed by atoms with Gasteiger partial charge in [-0.3, -0.25) is 14.5 Å². The van der Waals surface area contributed by atoms with Gasteiger partial charge in [-0.1, -0.05) is 18.7 Å². The highest BCUT2D eigenvalue weighted by Crippen LogP contribution is 2.26. The number of nitrogens with one attached hydrogen (secondary N) is 1. The van der Waals surface area contributed by atoms with Gasteiger partial charge >= 0.3 is 0 Å². The molecule has 2 saturated heterocycles. The Morgan fingerprint density at radius 3 is 2.83 bits per heavy atom. The van der Waals surface area contributed by atoms with Gasteiger partial charge in [-0.05, 0) is 19.8 Å². The fraction of sp³-hybridized carbons (Fsp3) is 0.750. The van der Waals surface area contributed by atoms with Gasteiger partial charge in [0.1, 0.15) is 6.04 Å². The van der Waals surface area contributed by atoms with Gasteiger partial charge < -0.3 is 5.32 Å². The lowest BCUT2D eigenvalue weighted by atomic mass is 9.96. The van der Waals surface area contributed by atoms with Crippen molar-refractivity contribution in [1.82, 2.24) is 10.2 Å². The Balaban J connectivity index is 2.10. The second-order valence-electron chi connectivity index (χ2n) is 5.08. The number of amidine groups is 1. The van der Waals surface area contributed by atoms with Gasteiger partial charge in [-0.25, -0.2) is 4.99 Å². The maximum atomic E-state index is 11.8. The number of amides is 2. The summed E-state index contributed by atoms with van der Waals surface area (Å²) < 4.78 is 0. The fourth-order valence-corrected chi connectivity index (χ4v) is 3.31. The number of rotatable bonds is 2. The summed E-state index contributed by atoms with van der Waals surface area (Å²) in [6.07, 6.45) is 2.30. The highest BCUT2D eigenvalue weighted by atomic mass is 32.2. The van der Waals surface area contributed by atoms with Crippen LogP contribution in [0.25, 0.3) is 0 Å². The van der Waals surface area contributed by atoms with Crippen LogP contribution >= 0.6 is 11.8 Å². The topological polar surface area (TPSA) is 61.8 Å². The molecule has 0 aromatic rings. The molecule has 6 heteroatoms. The van der Waals surface area contributed by atoms with Crippen LogP contribution in [0.15, 0.2) is 4.99 Å². The molecular formula is C12H19N3O2S. The molecule has 0 aliphatic carbocycles. The Bertz CT molecular complexity index is 410. The Morgan fingerprint density at radius 1 is 1.56 bits per heavy atom. The van der Waals surface area contributed by atoms with Crippen molar-refractivity contribution in [2.45, 2.75) is 44.7 Å². The molecule has 2 aliphatic rings. The minimum Gasteiger partial charge on any atom is -0.360 e. The second-order valence-corrected chi connectivity index (χ2v) is 6.17. The Hall–Kier alpha value is -1.04. The van der Waals surface area contributed by atoms with Gasteiger partial charge in [-0.15, -0.1) is 0 Å². The molecule has 2 fully saturated rings. The molecule has 0 saturated carbocycles. The molecule has 100 valence electrons. The van der Waals surface area contributed by atoms with Crippen molar-refractivity contribution in [1.29, 1.82) is 0 Å². The van der Waals surface area contributed by atoms with Gasteiger partial charge in [0.05, 0.1) is 6.42 Å². The molecule has 2 unspecified atom stereocenters. The number of hydrogen-bond acceptors (Lipinski definition) is 4. The highest BCUT2D eigenvalue weighted by molar-refractivity contribution is 8.13. The summed E-state index contributed by atoms with van der Waals surface area (Å²) in [6.45, 7) is 4.30. The van der Waals surface area contributed by atoms with Crippen LogP contribution in [0, 0.1) is 0 Å². The van der Waals surface area contributed by atoms with Gasteiger partial charge in [-0.2, -0.15) is 0 Å². The monoisotopic (exact) mass is 269 g/mol. The Kier molecular flexibility index (Phi) is 3.66. The van der Waals surface area contributed by atoms with Crippen LogP contribution in [0.1, 0.15) is 33.1 Å². The number of nitrogens with zero attached hydrogens (tertiary/aromatic N) is 2. The summed E-state index contributed by atoms with van der Waals surface area (Å²) in [6, 6.07) is -0.531. The van der Waals surface area contributed by atoms with E-state index >= 15 is 0 Å². The summed E-state index contributed by atoms with van der Waals surface area (Å²) in [5, 5.41) is 4.19. The van der Waals surface area contributed by atoms with Crippen molar-refractivity contribution >= 4 is 28.7 Å². The van der Waals surface area contributed by atoms with Crippen molar-refractivity contribution in [3.05, 3.63) is 0 Å². The maximum Gasteiger partial charge on any atom is 0.254 e. The smallest absolute Gasteiger partial charge is 0.254 e. The van der Waals surface area contributed by atoms with E-state index in [0.717, 1.165) is 23.8 Å². The highest BCUT2D eigenvalue weighted by Gasteiger charge is 2.37. The lowest BCUT2D eigenvalue weighted by molar-refractivity contribution is -0.136. The van der Waals surface area contributed by atoms with E-state index in [0.29, 0.717) is 0 Å². The van der Waals surface area contributed by atoms with Gasteiger partial charge in [0, 0.05) is 18.3 Å². The third-order valence-electron chi connectivity index (χ3n) is 3.71. The maximum absolute atomic E-state index is 11.8. The first-order chi connectivity index (χ1) is 8.45. The number of carbonyl (C=O) groups excluding carboxylic acids is 2. The van der Waals surface area contributed by atoms with E-state index in [9.17, 15) is 9.59 Å². The average molecular weight is 269 g/mol. The first-order valence-electron chi connectivity index (χ1n) is 6.24. The number of likely N-dealkylation sites (N-methyl/N-ethyl adjacent to an activating group) is 1. The summed E-state index contributed by atoms with van der Waals surface area (Å²) in [5.74, 6) is 0.660. The van der Waals surface area contributed by atoms with Gasteiger partial charge in [0.25, 0.3) is 5.91 Å². The summed E-state index contributed by atoms with van der Waals surface area (Å²) in [5.41, 5.74) is 0.0572. The molecule has 2 aliphatic heterocycles. The van der Waals surface area contributed by atoms with Crippen LogP contribution in [0.5, 0.6) is 0 Å². The molecule has 0 bridgehead atoms. The van der Waals surface area contributed by atoms with E-state index in [1.807, 2.05) is 0 Å². The number of thioether (sulfide) groups is 1. The molecule has 0 aromatic carbocycles. The van der Waals surface area contributed by atoms with E-state index in [1.54, 1.807) is 11.8 Å². The third-order valence-corrected chi connectivity index (χ3v) is 4.60. The zero-order chi connectivity index (χ0) is 13.3. The summed E-state index contributed by atoms with van der Waals surface area (Å²) >= 11 is 1.63. The van der Waals surface area contributed by atoms with Crippen LogP contribution in [0.2, 0.25) is 0 Å². The molecule has 2 amide bonds. The third kappa shape index (κ3) is 2.53. The van der Waals surface area contributed by atoms with E-state index in [1.165, 1.54) is 11.9 Å². The lowest BCUT2D eigenvalue weighted by Gasteiger charge is -2.35. The van der Waals surface area contributed by atoms with Crippen molar-refractivity contribution in [3.8, 4) is 0 Å². The van der Waals surface area contributed by atoms with E-state index in [2.05, 4.69) is 24.2 Å². The first-order valence-corrected chi connectivity index (χ1v) is 7.23. The molecule has 0 spiro atoms. The number of hydrogen-bond donors (Lipinski definition) is 1. The minimum atomic E-state index is -0.531. The summed E-state index contributed by atoms with van der Waals surface area (Å²) in [7, 11) is 1.52. The number of imide groups is 1. The van der Waals surface area contributed by atoms with E-state index in [4.69, 9.17) is 0 Å². The normalized spacial score (nSPS) is 35.2. The van der Waals surface area contributed by atoms with Gasteiger partial charge in [0.2, 0.25) is 5.91 Å². The predicted molar refractivity (Wildman–Crippen MR) is 72.5 cm³/mol.